The first kappa shape index (κ1) is 11.4. The summed E-state index contributed by atoms with van der Waals surface area (Å²) in [5, 5.41) is 0. The maximum Gasteiger partial charge on any atom is 0.302 e. The van der Waals surface area contributed by atoms with E-state index in [1.54, 1.807) is 6.92 Å². The molecule has 0 aliphatic heterocycles. The second kappa shape index (κ2) is 4.42. The minimum absolute atomic E-state index is 0.360. The molecule has 0 heterocycles. The number of carbonyl (C=O) groups is 1. The molecule has 0 fully saturated rings. The van der Waals surface area contributed by atoms with E-state index in [1.165, 1.54) is 6.92 Å². The largest absolute Gasteiger partial charge is 0.461 e. The smallest absolute Gasteiger partial charge is 0.302 e. The average Bonchev–Trinajstić information content (AvgIpc) is 1.82. The molecule has 0 amide bonds. The zero-order valence-corrected chi connectivity index (χ0v) is 7.80. The van der Waals surface area contributed by atoms with Crippen LogP contribution in [0.25, 0.3) is 0 Å². The Balaban J connectivity index is 4.10. The van der Waals surface area contributed by atoms with Gasteiger partial charge < -0.3 is 4.74 Å². The SMILES string of the molecule is CCC(CS(=O)(=O)O)OC(C)=O. The van der Waals surface area contributed by atoms with E-state index in [1.807, 2.05) is 0 Å². The first-order chi connectivity index (χ1) is 5.35. The number of carbonyl (C=O) groups excluding carboxylic acids is 1. The summed E-state index contributed by atoms with van der Waals surface area (Å²) in [6.07, 6.45) is -0.392. The van der Waals surface area contributed by atoms with Gasteiger partial charge in [-0.15, -0.1) is 0 Å². The third kappa shape index (κ3) is 6.11. The maximum atomic E-state index is 10.4. The topological polar surface area (TPSA) is 80.7 Å². The van der Waals surface area contributed by atoms with E-state index < -0.39 is 27.9 Å². The number of ether oxygens (including phenoxy) is 1. The predicted molar refractivity (Wildman–Crippen MR) is 42.3 cm³/mol. The van der Waals surface area contributed by atoms with E-state index in [0.717, 1.165) is 0 Å². The molecule has 6 heteroatoms. The Hall–Kier alpha value is -0.620. The Morgan fingerprint density at radius 1 is 1.58 bits per heavy atom. The van der Waals surface area contributed by atoms with Crippen LogP contribution in [0, 0.1) is 0 Å². The van der Waals surface area contributed by atoms with Crippen LogP contribution in [0.3, 0.4) is 0 Å². The lowest BCUT2D eigenvalue weighted by Crippen LogP contribution is -2.24. The quantitative estimate of drug-likeness (QED) is 0.513. The van der Waals surface area contributed by atoms with E-state index in [-0.39, 0.29) is 0 Å². The Morgan fingerprint density at radius 3 is 2.33 bits per heavy atom. The van der Waals surface area contributed by atoms with Crippen molar-refractivity contribution in [1.82, 2.24) is 0 Å². The fraction of sp³-hybridized carbons (Fsp3) is 0.833. The van der Waals surface area contributed by atoms with E-state index in [2.05, 4.69) is 4.74 Å². The van der Waals surface area contributed by atoms with Crippen LogP contribution >= 0.6 is 0 Å². The van der Waals surface area contributed by atoms with E-state index in [4.69, 9.17) is 4.55 Å². The Bertz CT molecular complexity index is 243. The molecule has 0 aromatic carbocycles. The van der Waals surface area contributed by atoms with Gasteiger partial charge in [-0.05, 0) is 6.42 Å². The highest BCUT2D eigenvalue weighted by Gasteiger charge is 2.17. The van der Waals surface area contributed by atoms with E-state index in [9.17, 15) is 13.2 Å². The maximum absolute atomic E-state index is 10.4. The van der Waals surface area contributed by atoms with Gasteiger partial charge in [0.15, 0.2) is 0 Å². The minimum Gasteiger partial charge on any atom is -0.461 e. The summed E-state index contributed by atoms with van der Waals surface area (Å²) in [6, 6.07) is 0. The van der Waals surface area contributed by atoms with Crippen molar-refractivity contribution in [1.29, 1.82) is 0 Å². The van der Waals surface area contributed by atoms with Gasteiger partial charge in [0.1, 0.15) is 11.9 Å². The van der Waals surface area contributed by atoms with Gasteiger partial charge in [0.25, 0.3) is 10.1 Å². The molecule has 0 aromatic heterocycles. The number of hydrogen-bond acceptors (Lipinski definition) is 4. The molecule has 1 atom stereocenters. The number of hydrogen-bond donors (Lipinski definition) is 1. The fourth-order valence-corrected chi connectivity index (χ4v) is 1.48. The highest BCUT2D eigenvalue weighted by Crippen LogP contribution is 2.01. The predicted octanol–water partition coefficient (Wildman–Crippen LogP) is 0.216. The summed E-state index contributed by atoms with van der Waals surface area (Å²) in [5.41, 5.74) is 0. The first-order valence-corrected chi connectivity index (χ1v) is 5.08. The lowest BCUT2D eigenvalue weighted by Gasteiger charge is -2.12. The Labute approximate surface area is 71.5 Å². The van der Waals surface area contributed by atoms with Crippen LogP contribution in [0.1, 0.15) is 20.3 Å². The van der Waals surface area contributed by atoms with Crippen molar-refractivity contribution in [3.05, 3.63) is 0 Å². The minimum atomic E-state index is -4.06. The van der Waals surface area contributed by atoms with E-state index in [0.29, 0.717) is 6.42 Å². The average molecular weight is 196 g/mol. The molecular formula is C6H12O5S. The Kier molecular flexibility index (Phi) is 4.19. The van der Waals surface area contributed by atoms with Gasteiger partial charge in [0.05, 0.1) is 0 Å². The molecule has 0 aliphatic rings. The zero-order chi connectivity index (χ0) is 9.78. The van der Waals surface area contributed by atoms with Gasteiger partial charge in [-0.1, -0.05) is 6.92 Å². The van der Waals surface area contributed by atoms with Gasteiger partial charge in [0.2, 0.25) is 0 Å². The van der Waals surface area contributed by atoms with E-state index >= 15 is 0 Å². The van der Waals surface area contributed by atoms with Crippen molar-refractivity contribution < 1.29 is 22.5 Å². The van der Waals surface area contributed by atoms with Crippen molar-refractivity contribution in [3.63, 3.8) is 0 Å². The lowest BCUT2D eigenvalue weighted by atomic mass is 10.3. The molecule has 5 nitrogen and oxygen atoms in total. The van der Waals surface area contributed by atoms with Crippen LogP contribution in [-0.4, -0.2) is 30.8 Å². The first-order valence-electron chi connectivity index (χ1n) is 3.47. The van der Waals surface area contributed by atoms with Gasteiger partial charge in [-0.3, -0.25) is 9.35 Å². The molecule has 0 rings (SSSR count). The van der Waals surface area contributed by atoms with Crippen molar-refractivity contribution in [2.75, 3.05) is 5.75 Å². The molecular weight excluding hydrogens is 184 g/mol. The summed E-state index contributed by atoms with van der Waals surface area (Å²) >= 11 is 0. The van der Waals surface area contributed by atoms with Gasteiger partial charge in [0, 0.05) is 6.92 Å². The van der Waals surface area contributed by atoms with Crippen LogP contribution in [-0.2, 0) is 19.6 Å². The van der Waals surface area contributed by atoms with Crippen molar-refractivity contribution in [2.24, 2.45) is 0 Å². The molecule has 0 spiro atoms. The van der Waals surface area contributed by atoms with Crippen LogP contribution < -0.4 is 0 Å². The summed E-state index contributed by atoms with van der Waals surface area (Å²) in [4.78, 5) is 10.4. The third-order valence-corrected chi connectivity index (χ3v) is 1.98. The summed E-state index contributed by atoms with van der Waals surface area (Å²) in [7, 11) is -4.06. The third-order valence-electron chi connectivity index (χ3n) is 1.18. The van der Waals surface area contributed by atoms with Crippen LogP contribution in [0.4, 0.5) is 0 Å². The van der Waals surface area contributed by atoms with Crippen molar-refractivity contribution in [3.8, 4) is 0 Å². The van der Waals surface area contributed by atoms with Gasteiger partial charge >= 0.3 is 5.97 Å². The molecule has 1 unspecified atom stereocenters. The van der Waals surface area contributed by atoms with Crippen molar-refractivity contribution in [2.45, 2.75) is 26.4 Å². The fourth-order valence-electron chi connectivity index (χ4n) is 0.705. The highest BCUT2D eigenvalue weighted by atomic mass is 32.2. The molecule has 0 bridgehead atoms. The highest BCUT2D eigenvalue weighted by molar-refractivity contribution is 7.85. The van der Waals surface area contributed by atoms with Gasteiger partial charge in [-0.25, -0.2) is 0 Å². The summed E-state index contributed by atoms with van der Waals surface area (Å²) in [6.45, 7) is 2.85. The summed E-state index contributed by atoms with van der Waals surface area (Å²) in [5.74, 6) is -1.09. The normalized spacial score (nSPS) is 13.9. The Morgan fingerprint density at radius 2 is 2.08 bits per heavy atom. The second-order valence-corrected chi connectivity index (χ2v) is 3.89. The number of rotatable bonds is 4. The van der Waals surface area contributed by atoms with Crippen LogP contribution in [0.15, 0.2) is 0 Å². The monoisotopic (exact) mass is 196 g/mol. The second-order valence-electron chi connectivity index (χ2n) is 2.39. The number of esters is 1. The molecule has 1 N–H and O–H groups in total. The molecule has 0 radical (unpaired) electrons. The molecule has 0 aliphatic carbocycles. The van der Waals surface area contributed by atoms with Crippen LogP contribution in [0.2, 0.25) is 0 Å². The zero-order valence-electron chi connectivity index (χ0n) is 6.98. The molecule has 0 saturated heterocycles. The molecule has 12 heavy (non-hydrogen) atoms. The van der Waals surface area contributed by atoms with Crippen molar-refractivity contribution >= 4 is 16.1 Å². The molecule has 0 aromatic rings. The molecule has 0 saturated carbocycles. The van der Waals surface area contributed by atoms with Crippen LogP contribution in [0.5, 0.6) is 0 Å². The lowest BCUT2D eigenvalue weighted by molar-refractivity contribution is -0.145. The summed E-state index contributed by atoms with van der Waals surface area (Å²) < 4.78 is 33.7. The van der Waals surface area contributed by atoms with Gasteiger partial charge in [-0.2, -0.15) is 8.42 Å². The molecule has 72 valence electrons. The standard InChI is InChI=1S/C6H12O5S/c1-3-6(11-5(2)7)4-12(8,9)10/h6H,3-4H2,1-2H3,(H,8,9,10).